The smallest absolute Gasteiger partial charge is 0.252 e. The Kier molecular flexibility index (Phi) is 6.06. The van der Waals surface area contributed by atoms with Crippen LogP contribution in [-0.4, -0.2) is 30.7 Å². The molecule has 3 atom stereocenters. The zero-order valence-electron chi connectivity index (χ0n) is 17.0. The Morgan fingerprint density at radius 3 is 2.87 bits per heavy atom. The number of anilines is 1. The highest BCUT2D eigenvalue weighted by Gasteiger charge is 2.42. The molecule has 0 spiro atoms. The van der Waals surface area contributed by atoms with Crippen LogP contribution in [0, 0.1) is 33.3 Å². The first-order valence-corrected chi connectivity index (χ1v) is 10.7. The molecule has 31 heavy (non-hydrogen) atoms. The number of aryl methyl sites for hydroxylation is 1. The number of halogens is 1. The SMILES string of the molecule is N=C(C1=C([N+](=O)[O-])CC2CC(CCn3cc(CO)nn3)CC1C2)c1ccc(Cl)cc1N. The molecule has 4 N–H and O–H groups in total. The van der Waals surface area contributed by atoms with Crippen LogP contribution in [0.4, 0.5) is 5.69 Å². The number of hydrogen-bond acceptors (Lipinski definition) is 7. The van der Waals surface area contributed by atoms with Gasteiger partial charge in [-0.15, -0.1) is 5.10 Å². The molecule has 10 heteroatoms. The molecule has 1 saturated carbocycles. The van der Waals surface area contributed by atoms with Gasteiger partial charge in [0.05, 0.1) is 29.0 Å². The second-order valence-electron chi connectivity index (χ2n) is 8.48. The molecule has 1 heterocycles. The molecule has 4 rings (SSSR count). The maximum atomic E-state index is 11.9. The monoisotopic (exact) mass is 444 g/mol. The highest BCUT2D eigenvalue weighted by Crippen LogP contribution is 2.47. The zero-order valence-corrected chi connectivity index (χ0v) is 17.8. The highest BCUT2D eigenvalue weighted by atomic mass is 35.5. The molecule has 164 valence electrons. The highest BCUT2D eigenvalue weighted by molar-refractivity contribution is 6.31. The molecule has 0 aliphatic heterocycles. The Balaban J connectivity index is 1.56. The van der Waals surface area contributed by atoms with Gasteiger partial charge in [0.2, 0.25) is 0 Å². The van der Waals surface area contributed by atoms with Crippen molar-refractivity contribution in [3.05, 3.63) is 62.1 Å². The Morgan fingerprint density at radius 1 is 1.39 bits per heavy atom. The summed E-state index contributed by atoms with van der Waals surface area (Å²) < 4.78 is 1.73. The van der Waals surface area contributed by atoms with E-state index in [1.807, 2.05) is 0 Å². The van der Waals surface area contributed by atoms with E-state index >= 15 is 0 Å². The van der Waals surface area contributed by atoms with Crippen LogP contribution in [0.2, 0.25) is 5.02 Å². The summed E-state index contributed by atoms with van der Waals surface area (Å²) in [6.45, 7) is 0.543. The van der Waals surface area contributed by atoms with E-state index in [-0.39, 0.29) is 34.8 Å². The summed E-state index contributed by atoms with van der Waals surface area (Å²) in [4.78, 5) is 11.5. The van der Waals surface area contributed by atoms with Gasteiger partial charge in [-0.25, -0.2) is 0 Å². The number of aliphatic hydroxyl groups excluding tert-OH is 1. The maximum Gasteiger partial charge on any atom is 0.252 e. The Bertz CT molecular complexity index is 1050. The van der Waals surface area contributed by atoms with Crippen molar-refractivity contribution in [1.82, 2.24) is 15.0 Å². The van der Waals surface area contributed by atoms with E-state index in [4.69, 9.17) is 27.9 Å². The van der Waals surface area contributed by atoms with Crippen LogP contribution in [0.15, 0.2) is 35.7 Å². The van der Waals surface area contributed by atoms with E-state index in [0.717, 1.165) is 25.7 Å². The Labute approximate surface area is 184 Å². The minimum Gasteiger partial charge on any atom is -0.398 e. The van der Waals surface area contributed by atoms with E-state index in [1.165, 1.54) is 0 Å². The molecule has 2 aromatic rings. The van der Waals surface area contributed by atoms with Crippen LogP contribution >= 0.6 is 11.6 Å². The summed E-state index contributed by atoms with van der Waals surface area (Å²) in [5.74, 6) is 0.584. The van der Waals surface area contributed by atoms with E-state index in [2.05, 4.69) is 10.3 Å². The van der Waals surface area contributed by atoms with Crippen molar-refractivity contribution >= 4 is 23.0 Å². The fourth-order valence-corrected chi connectivity index (χ4v) is 5.27. The number of nitrogens with two attached hydrogens (primary N) is 1. The lowest BCUT2D eigenvalue weighted by Gasteiger charge is -2.39. The van der Waals surface area contributed by atoms with Crippen LogP contribution in [0.25, 0.3) is 0 Å². The number of aromatic nitrogens is 3. The minimum atomic E-state index is -0.318. The number of nitrogens with one attached hydrogen (secondary N) is 1. The van der Waals surface area contributed by atoms with Gasteiger partial charge in [-0.2, -0.15) is 0 Å². The predicted molar refractivity (Wildman–Crippen MR) is 116 cm³/mol. The van der Waals surface area contributed by atoms with Crippen LogP contribution in [0.5, 0.6) is 0 Å². The fraction of sp³-hybridized carbons (Fsp3) is 0.476. The van der Waals surface area contributed by atoms with Crippen LogP contribution < -0.4 is 5.73 Å². The van der Waals surface area contributed by atoms with Crippen LogP contribution in [0.3, 0.4) is 0 Å². The van der Waals surface area contributed by atoms with Gasteiger partial charge < -0.3 is 10.8 Å². The Hall–Kier alpha value is -2.78. The molecule has 0 radical (unpaired) electrons. The lowest BCUT2D eigenvalue weighted by molar-refractivity contribution is -0.431. The van der Waals surface area contributed by atoms with Crippen molar-refractivity contribution in [2.45, 2.75) is 45.3 Å². The zero-order chi connectivity index (χ0) is 22.1. The van der Waals surface area contributed by atoms with Gasteiger partial charge in [0, 0.05) is 29.2 Å². The molecule has 2 bridgehead atoms. The van der Waals surface area contributed by atoms with E-state index in [0.29, 0.717) is 46.4 Å². The van der Waals surface area contributed by atoms with Crippen LogP contribution in [-0.2, 0) is 13.2 Å². The number of nitrogens with zero attached hydrogens (tertiary/aromatic N) is 4. The number of hydrogen-bond donors (Lipinski definition) is 3. The number of benzene rings is 1. The predicted octanol–water partition coefficient (Wildman–Crippen LogP) is 3.43. The molecule has 3 unspecified atom stereocenters. The van der Waals surface area contributed by atoms with Gasteiger partial charge in [0.25, 0.3) is 5.70 Å². The number of aliphatic hydroxyl groups is 1. The van der Waals surface area contributed by atoms with Gasteiger partial charge in [-0.1, -0.05) is 16.8 Å². The quantitative estimate of drug-likeness (QED) is 0.258. The molecule has 1 aromatic heterocycles. The van der Waals surface area contributed by atoms with Crippen molar-refractivity contribution in [3.8, 4) is 0 Å². The molecule has 1 aromatic carbocycles. The fourth-order valence-electron chi connectivity index (χ4n) is 5.08. The molecule has 9 nitrogen and oxygen atoms in total. The number of fused-ring (bicyclic) bond motifs is 2. The van der Waals surface area contributed by atoms with Gasteiger partial charge in [0.1, 0.15) is 5.69 Å². The summed E-state index contributed by atoms with van der Waals surface area (Å²) in [7, 11) is 0. The van der Waals surface area contributed by atoms with E-state index < -0.39 is 0 Å². The molecule has 2 aliphatic rings. The largest absolute Gasteiger partial charge is 0.398 e. The maximum absolute atomic E-state index is 11.9. The second kappa shape index (κ2) is 8.76. The summed E-state index contributed by atoms with van der Waals surface area (Å²) in [6.07, 6.45) is 5.57. The van der Waals surface area contributed by atoms with Crippen molar-refractivity contribution in [1.29, 1.82) is 5.41 Å². The molecular weight excluding hydrogens is 420 g/mol. The molecular formula is C21H25ClN6O3. The molecule has 0 saturated heterocycles. The number of rotatable bonds is 7. The summed E-state index contributed by atoms with van der Waals surface area (Å²) in [5.41, 5.74) is 8.26. The van der Waals surface area contributed by atoms with Crippen molar-refractivity contribution < 1.29 is 10.0 Å². The number of nitro groups is 1. The summed E-state index contributed by atoms with van der Waals surface area (Å²) in [5, 5.41) is 38.2. The summed E-state index contributed by atoms with van der Waals surface area (Å²) >= 11 is 5.99. The van der Waals surface area contributed by atoms with Crippen molar-refractivity contribution in [2.24, 2.45) is 17.8 Å². The first-order chi connectivity index (χ1) is 14.9. The number of nitrogen functional groups attached to an aromatic ring is 1. The summed E-state index contributed by atoms with van der Waals surface area (Å²) in [6, 6.07) is 4.90. The lowest BCUT2D eigenvalue weighted by Crippen LogP contribution is -2.34. The third-order valence-electron chi connectivity index (χ3n) is 6.39. The van der Waals surface area contributed by atoms with E-state index in [1.54, 1.807) is 29.1 Å². The average molecular weight is 445 g/mol. The normalized spacial score (nSPS) is 23.1. The first-order valence-electron chi connectivity index (χ1n) is 10.4. The van der Waals surface area contributed by atoms with E-state index in [9.17, 15) is 10.1 Å². The minimum absolute atomic E-state index is 0.0378. The van der Waals surface area contributed by atoms with Crippen molar-refractivity contribution in [2.75, 3.05) is 5.73 Å². The molecule has 2 aliphatic carbocycles. The van der Waals surface area contributed by atoms with Gasteiger partial charge >= 0.3 is 0 Å². The Morgan fingerprint density at radius 2 is 2.19 bits per heavy atom. The van der Waals surface area contributed by atoms with Gasteiger partial charge in [-0.05, 0) is 61.6 Å². The van der Waals surface area contributed by atoms with Gasteiger partial charge in [0.15, 0.2) is 0 Å². The van der Waals surface area contributed by atoms with Crippen LogP contribution in [0.1, 0.15) is 43.4 Å². The third kappa shape index (κ3) is 4.47. The third-order valence-corrected chi connectivity index (χ3v) is 6.63. The second-order valence-corrected chi connectivity index (χ2v) is 8.92. The number of allylic oxidation sites excluding steroid dienone is 2. The molecule has 1 fully saturated rings. The van der Waals surface area contributed by atoms with Gasteiger partial charge in [-0.3, -0.25) is 20.2 Å². The van der Waals surface area contributed by atoms with Crippen molar-refractivity contribution in [3.63, 3.8) is 0 Å². The first kappa shape index (κ1) is 21.5. The molecule has 0 amide bonds. The lowest BCUT2D eigenvalue weighted by atomic mass is 9.65. The average Bonchev–Trinajstić information content (AvgIpc) is 3.19. The standard InChI is InChI=1S/C21H25ClN6O3/c22-15-1-2-17(18(23)9-15)21(24)20-14-6-12(3-4-27-10-16(11-29)25-26-27)5-13(7-14)8-19(20)28(30)31/h1-2,9-10,12-14,24,29H,3-8,11,23H2. The topological polar surface area (TPSA) is 144 Å².